The van der Waals surface area contributed by atoms with Crippen molar-refractivity contribution < 1.29 is 9.18 Å². The van der Waals surface area contributed by atoms with E-state index in [0.717, 1.165) is 5.56 Å². The SMILES string of the molecule is CC(CCl)C(=O)NC(C)c1ccc(F)cc1. The second-order valence-electron chi connectivity index (χ2n) is 3.84. The first-order chi connectivity index (χ1) is 7.54. The Morgan fingerprint density at radius 2 is 1.94 bits per heavy atom. The first-order valence-corrected chi connectivity index (χ1v) is 5.70. The maximum atomic E-state index is 12.7. The largest absolute Gasteiger partial charge is 0.349 e. The summed E-state index contributed by atoms with van der Waals surface area (Å²) in [6.07, 6.45) is 0. The molecule has 1 aromatic rings. The van der Waals surface area contributed by atoms with E-state index in [-0.39, 0.29) is 23.7 Å². The predicted octanol–water partition coefficient (Wildman–Crippen LogP) is 2.88. The molecular formula is C12H15ClFNO. The van der Waals surface area contributed by atoms with Gasteiger partial charge in [-0.25, -0.2) is 4.39 Å². The predicted molar refractivity (Wildman–Crippen MR) is 62.8 cm³/mol. The van der Waals surface area contributed by atoms with Crippen molar-refractivity contribution in [3.8, 4) is 0 Å². The summed E-state index contributed by atoms with van der Waals surface area (Å²) in [6, 6.07) is 5.93. The van der Waals surface area contributed by atoms with Crippen molar-refractivity contribution in [2.75, 3.05) is 5.88 Å². The van der Waals surface area contributed by atoms with Crippen molar-refractivity contribution in [1.29, 1.82) is 0 Å². The summed E-state index contributed by atoms with van der Waals surface area (Å²) >= 11 is 5.59. The van der Waals surface area contributed by atoms with Gasteiger partial charge in [0.2, 0.25) is 5.91 Å². The molecule has 0 fully saturated rings. The highest BCUT2D eigenvalue weighted by atomic mass is 35.5. The van der Waals surface area contributed by atoms with Gasteiger partial charge in [-0.2, -0.15) is 0 Å². The van der Waals surface area contributed by atoms with Crippen molar-refractivity contribution in [1.82, 2.24) is 5.32 Å². The average molecular weight is 244 g/mol. The minimum Gasteiger partial charge on any atom is -0.349 e. The molecule has 0 spiro atoms. The van der Waals surface area contributed by atoms with Crippen molar-refractivity contribution in [3.63, 3.8) is 0 Å². The molecular weight excluding hydrogens is 229 g/mol. The van der Waals surface area contributed by atoms with Gasteiger partial charge in [-0.1, -0.05) is 19.1 Å². The molecule has 1 N–H and O–H groups in total. The number of rotatable bonds is 4. The number of carbonyl (C=O) groups is 1. The summed E-state index contributed by atoms with van der Waals surface area (Å²) in [6.45, 7) is 3.62. The van der Waals surface area contributed by atoms with E-state index in [2.05, 4.69) is 5.32 Å². The zero-order valence-corrected chi connectivity index (χ0v) is 10.1. The monoisotopic (exact) mass is 243 g/mol. The summed E-state index contributed by atoms with van der Waals surface area (Å²) < 4.78 is 12.7. The topological polar surface area (TPSA) is 29.1 Å². The average Bonchev–Trinajstić information content (AvgIpc) is 2.28. The zero-order valence-electron chi connectivity index (χ0n) is 9.34. The summed E-state index contributed by atoms with van der Waals surface area (Å²) in [5.74, 6) is -0.296. The van der Waals surface area contributed by atoms with Crippen molar-refractivity contribution in [2.24, 2.45) is 5.92 Å². The second-order valence-corrected chi connectivity index (χ2v) is 4.15. The molecule has 2 unspecified atom stereocenters. The van der Waals surface area contributed by atoms with Crippen LogP contribution in [-0.4, -0.2) is 11.8 Å². The number of alkyl halides is 1. The standard InChI is InChI=1S/C12H15ClFNO/c1-8(7-13)12(16)15-9(2)10-3-5-11(14)6-4-10/h3-6,8-9H,7H2,1-2H3,(H,15,16). The smallest absolute Gasteiger partial charge is 0.224 e. The highest BCUT2D eigenvalue weighted by molar-refractivity contribution is 6.19. The molecule has 1 rings (SSSR count). The maximum absolute atomic E-state index is 12.7. The Hall–Kier alpha value is -1.09. The van der Waals surface area contributed by atoms with E-state index in [9.17, 15) is 9.18 Å². The van der Waals surface area contributed by atoms with Crippen LogP contribution in [0, 0.1) is 11.7 Å². The van der Waals surface area contributed by atoms with Crippen LogP contribution in [-0.2, 0) is 4.79 Å². The Morgan fingerprint density at radius 3 is 2.44 bits per heavy atom. The van der Waals surface area contributed by atoms with Gasteiger partial charge in [-0.05, 0) is 24.6 Å². The summed E-state index contributed by atoms with van der Waals surface area (Å²) in [5.41, 5.74) is 0.872. The highest BCUT2D eigenvalue weighted by Crippen LogP contribution is 2.13. The Balaban J connectivity index is 2.62. The van der Waals surface area contributed by atoms with Gasteiger partial charge in [0.1, 0.15) is 5.82 Å². The molecule has 0 aliphatic rings. The maximum Gasteiger partial charge on any atom is 0.224 e. The number of amides is 1. The van der Waals surface area contributed by atoms with Crippen LogP contribution in [0.3, 0.4) is 0 Å². The Kier molecular flexibility index (Phi) is 4.74. The third-order valence-corrected chi connectivity index (χ3v) is 2.87. The molecule has 0 aliphatic carbocycles. The lowest BCUT2D eigenvalue weighted by Crippen LogP contribution is -2.32. The van der Waals surface area contributed by atoms with E-state index in [0.29, 0.717) is 5.88 Å². The molecule has 88 valence electrons. The fourth-order valence-electron chi connectivity index (χ4n) is 1.26. The van der Waals surface area contributed by atoms with E-state index in [1.165, 1.54) is 12.1 Å². The molecule has 0 heterocycles. The first-order valence-electron chi connectivity index (χ1n) is 5.16. The normalized spacial score (nSPS) is 14.2. The molecule has 16 heavy (non-hydrogen) atoms. The Labute approximate surface area is 99.8 Å². The Morgan fingerprint density at radius 1 is 1.38 bits per heavy atom. The van der Waals surface area contributed by atoms with Gasteiger partial charge in [0.15, 0.2) is 0 Å². The molecule has 2 atom stereocenters. The Bertz CT molecular complexity index is 353. The quantitative estimate of drug-likeness (QED) is 0.810. The molecule has 0 aliphatic heterocycles. The molecule has 1 amide bonds. The van der Waals surface area contributed by atoms with Crippen LogP contribution in [0.1, 0.15) is 25.5 Å². The molecule has 0 bridgehead atoms. The molecule has 1 aromatic carbocycles. The molecule has 0 saturated heterocycles. The van der Waals surface area contributed by atoms with Gasteiger partial charge in [0, 0.05) is 11.8 Å². The van der Waals surface area contributed by atoms with Crippen molar-refractivity contribution in [3.05, 3.63) is 35.6 Å². The fraction of sp³-hybridized carbons (Fsp3) is 0.417. The van der Waals surface area contributed by atoms with Crippen molar-refractivity contribution >= 4 is 17.5 Å². The third kappa shape index (κ3) is 3.49. The lowest BCUT2D eigenvalue weighted by Gasteiger charge is -2.16. The molecule has 2 nitrogen and oxygen atoms in total. The lowest BCUT2D eigenvalue weighted by molar-refractivity contribution is -0.124. The van der Waals surface area contributed by atoms with Crippen LogP contribution < -0.4 is 5.32 Å². The summed E-state index contributed by atoms with van der Waals surface area (Å²) in [4.78, 5) is 11.6. The number of hydrogen-bond donors (Lipinski definition) is 1. The van der Waals surface area contributed by atoms with Gasteiger partial charge in [-0.15, -0.1) is 11.6 Å². The number of carbonyl (C=O) groups excluding carboxylic acids is 1. The number of nitrogens with one attached hydrogen (secondary N) is 1. The van der Waals surface area contributed by atoms with Gasteiger partial charge >= 0.3 is 0 Å². The van der Waals surface area contributed by atoms with Crippen molar-refractivity contribution in [2.45, 2.75) is 19.9 Å². The molecule has 4 heteroatoms. The highest BCUT2D eigenvalue weighted by Gasteiger charge is 2.14. The fourth-order valence-corrected chi connectivity index (χ4v) is 1.40. The van der Waals surface area contributed by atoms with Crippen LogP contribution in [0.4, 0.5) is 4.39 Å². The first kappa shape index (κ1) is 13.0. The molecule has 0 saturated carbocycles. The second kappa shape index (κ2) is 5.85. The van der Waals surface area contributed by atoms with Crippen LogP contribution in [0.5, 0.6) is 0 Å². The summed E-state index contributed by atoms with van der Waals surface area (Å²) in [5, 5.41) is 2.82. The van der Waals surface area contributed by atoms with E-state index in [1.807, 2.05) is 6.92 Å². The zero-order chi connectivity index (χ0) is 12.1. The minimum absolute atomic E-state index is 0.0909. The lowest BCUT2D eigenvalue weighted by atomic mass is 10.1. The van der Waals surface area contributed by atoms with Gasteiger partial charge in [-0.3, -0.25) is 4.79 Å². The van der Waals surface area contributed by atoms with Crippen LogP contribution in [0.15, 0.2) is 24.3 Å². The number of halogens is 2. The molecule has 0 radical (unpaired) electrons. The van der Waals surface area contributed by atoms with Crippen LogP contribution >= 0.6 is 11.6 Å². The number of hydrogen-bond acceptors (Lipinski definition) is 1. The van der Waals surface area contributed by atoms with E-state index >= 15 is 0 Å². The summed E-state index contributed by atoms with van der Waals surface area (Å²) in [7, 11) is 0. The van der Waals surface area contributed by atoms with E-state index in [1.54, 1.807) is 19.1 Å². The van der Waals surface area contributed by atoms with Gasteiger partial charge in [0.25, 0.3) is 0 Å². The molecule has 0 aromatic heterocycles. The third-order valence-electron chi connectivity index (χ3n) is 2.41. The van der Waals surface area contributed by atoms with Gasteiger partial charge < -0.3 is 5.32 Å². The van der Waals surface area contributed by atoms with E-state index in [4.69, 9.17) is 11.6 Å². The van der Waals surface area contributed by atoms with Gasteiger partial charge in [0.05, 0.1) is 6.04 Å². The van der Waals surface area contributed by atoms with E-state index < -0.39 is 0 Å². The van der Waals surface area contributed by atoms with Crippen LogP contribution in [0.2, 0.25) is 0 Å². The minimum atomic E-state index is -0.281. The number of benzene rings is 1. The van der Waals surface area contributed by atoms with Crippen LogP contribution in [0.25, 0.3) is 0 Å².